The van der Waals surface area contributed by atoms with Gasteiger partial charge in [0.15, 0.2) is 0 Å². The van der Waals surface area contributed by atoms with E-state index in [1.807, 2.05) is 19.9 Å². The van der Waals surface area contributed by atoms with Crippen LogP contribution in [-0.4, -0.2) is 9.97 Å². The molecule has 0 unspecified atom stereocenters. The number of aryl methyl sites for hydroxylation is 2. The van der Waals surface area contributed by atoms with Crippen molar-refractivity contribution in [1.29, 1.82) is 0 Å². The zero-order chi connectivity index (χ0) is 9.14. The van der Waals surface area contributed by atoms with Crippen molar-refractivity contribution in [3.05, 3.63) is 28.9 Å². The van der Waals surface area contributed by atoms with Gasteiger partial charge in [-0.2, -0.15) is 0 Å². The molecular formula is C10H14N2. The normalized spacial score (nSPS) is 9.67. The van der Waals surface area contributed by atoms with Gasteiger partial charge in [0, 0.05) is 6.20 Å². The Labute approximate surface area is 73.4 Å². The third-order valence-corrected chi connectivity index (χ3v) is 1.53. The lowest BCUT2D eigenvalue weighted by Crippen LogP contribution is -1.93. The highest BCUT2D eigenvalue weighted by molar-refractivity contribution is 5.49. The lowest BCUT2D eigenvalue weighted by Gasteiger charge is -1.99. The first kappa shape index (κ1) is 8.91. The van der Waals surface area contributed by atoms with Gasteiger partial charge in [-0.1, -0.05) is 5.57 Å². The molecule has 0 N–H and O–H groups in total. The summed E-state index contributed by atoms with van der Waals surface area (Å²) in [6.07, 6.45) is 3.84. The molecule has 0 atom stereocenters. The Bertz CT molecular complexity index is 310. The molecule has 0 spiro atoms. The highest BCUT2D eigenvalue weighted by Gasteiger charge is 1.96. The van der Waals surface area contributed by atoms with Crippen molar-refractivity contribution in [2.24, 2.45) is 0 Å². The standard InChI is InChI=1S/C10H14N2/c1-7(2)5-10-9(4)12-8(3)6-11-10/h5-6H,1-4H3. The predicted octanol–water partition coefficient (Wildman–Crippen LogP) is 2.52. The molecule has 2 nitrogen and oxygen atoms in total. The van der Waals surface area contributed by atoms with Crippen LogP contribution in [0.4, 0.5) is 0 Å². The Morgan fingerprint density at radius 3 is 2.50 bits per heavy atom. The van der Waals surface area contributed by atoms with Crippen molar-refractivity contribution in [2.45, 2.75) is 27.7 Å². The van der Waals surface area contributed by atoms with Gasteiger partial charge >= 0.3 is 0 Å². The second-order valence-corrected chi connectivity index (χ2v) is 3.20. The molecule has 64 valence electrons. The Morgan fingerprint density at radius 1 is 1.33 bits per heavy atom. The Morgan fingerprint density at radius 2 is 2.00 bits per heavy atom. The molecule has 2 heteroatoms. The molecule has 1 heterocycles. The van der Waals surface area contributed by atoms with Crippen molar-refractivity contribution in [1.82, 2.24) is 9.97 Å². The number of hydrogen-bond acceptors (Lipinski definition) is 2. The number of nitrogens with zero attached hydrogens (tertiary/aromatic N) is 2. The first-order valence-electron chi connectivity index (χ1n) is 4.05. The molecule has 0 fully saturated rings. The van der Waals surface area contributed by atoms with Crippen LogP contribution < -0.4 is 0 Å². The number of rotatable bonds is 1. The Hall–Kier alpha value is -1.18. The average molecular weight is 162 g/mol. The van der Waals surface area contributed by atoms with E-state index < -0.39 is 0 Å². The predicted molar refractivity (Wildman–Crippen MR) is 50.8 cm³/mol. The minimum absolute atomic E-state index is 0.971. The van der Waals surface area contributed by atoms with Crippen LogP contribution in [0.3, 0.4) is 0 Å². The van der Waals surface area contributed by atoms with E-state index in [2.05, 4.69) is 23.8 Å². The molecule has 0 aromatic carbocycles. The van der Waals surface area contributed by atoms with E-state index in [0.29, 0.717) is 0 Å². The average Bonchev–Trinajstić information content (AvgIpc) is 1.94. The number of hydrogen-bond donors (Lipinski definition) is 0. The van der Waals surface area contributed by atoms with Crippen molar-refractivity contribution in [3.63, 3.8) is 0 Å². The van der Waals surface area contributed by atoms with E-state index >= 15 is 0 Å². The van der Waals surface area contributed by atoms with Crippen molar-refractivity contribution < 1.29 is 0 Å². The molecule has 0 aliphatic carbocycles. The molecule has 0 radical (unpaired) electrons. The van der Waals surface area contributed by atoms with Crippen molar-refractivity contribution >= 4 is 6.08 Å². The molecule has 0 saturated carbocycles. The first-order valence-corrected chi connectivity index (χ1v) is 4.05. The van der Waals surface area contributed by atoms with E-state index in [1.165, 1.54) is 5.57 Å². The highest BCUT2D eigenvalue weighted by Crippen LogP contribution is 2.06. The van der Waals surface area contributed by atoms with E-state index in [4.69, 9.17) is 0 Å². The fourth-order valence-electron chi connectivity index (χ4n) is 1.02. The van der Waals surface area contributed by atoms with Gasteiger partial charge in [-0.3, -0.25) is 9.97 Å². The van der Waals surface area contributed by atoms with Crippen molar-refractivity contribution in [3.8, 4) is 0 Å². The van der Waals surface area contributed by atoms with Gasteiger partial charge in [-0.05, 0) is 33.8 Å². The summed E-state index contributed by atoms with van der Waals surface area (Å²) in [5, 5.41) is 0. The summed E-state index contributed by atoms with van der Waals surface area (Å²) >= 11 is 0. The van der Waals surface area contributed by atoms with Gasteiger partial charge in [0.05, 0.1) is 17.1 Å². The molecule has 1 rings (SSSR count). The molecule has 0 amide bonds. The van der Waals surface area contributed by atoms with Crippen LogP contribution in [0.15, 0.2) is 11.8 Å². The van der Waals surface area contributed by atoms with Crippen LogP contribution in [0.25, 0.3) is 6.08 Å². The molecule has 0 aliphatic heterocycles. The fraction of sp³-hybridized carbons (Fsp3) is 0.400. The summed E-state index contributed by atoms with van der Waals surface area (Å²) in [5.74, 6) is 0. The van der Waals surface area contributed by atoms with Crippen LogP contribution in [-0.2, 0) is 0 Å². The van der Waals surface area contributed by atoms with Crippen LogP contribution in [0.1, 0.15) is 30.9 Å². The smallest absolute Gasteiger partial charge is 0.0841 e. The number of aromatic nitrogens is 2. The molecule has 1 aromatic rings. The second kappa shape index (κ2) is 3.48. The van der Waals surface area contributed by atoms with Crippen molar-refractivity contribution in [2.75, 3.05) is 0 Å². The van der Waals surface area contributed by atoms with Crippen LogP contribution in [0.2, 0.25) is 0 Å². The van der Waals surface area contributed by atoms with Gasteiger partial charge in [0.25, 0.3) is 0 Å². The summed E-state index contributed by atoms with van der Waals surface area (Å²) in [6, 6.07) is 0. The molecule has 0 saturated heterocycles. The minimum Gasteiger partial charge on any atom is -0.255 e. The van der Waals surface area contributed by atoms with Crippen LogP contribution in [0, 0.1) is 13.8 Å². The zero-order valence-corrected chi connectivity index (χ0v) is 8.05. The molecule has 12 heavy (non-hydrogen) atoms. The van der Waals surface area contributed by atoms with Gasteiger partial charge < -0.3 is 0 Å². The zero-order valence-electron chi connectivity index (χ0n) is 8.05. The summed E-state index contributed by atoms with van der Waals surface area (Å²) in [5.41, 5.74) is 4.19. The third kappa shape index (κ3) is 2.16. The van der Waals surface area contributed by atoms with E-state index in [-0.39, 0.29) is 0 Å². The quantitative estimate of drug-likeness (QED) is 0.634. The Balaban J connectivity index is 3.10. The topological polar surface area (TPSA) is 25.8 Å². The largest absolute Gasteiger partial charge is 0.255 e. The van der Waals surface area contributed by atoms with E-state index in [9.17, 15) is 0 Å². The monoisotopic (exact) mass is 162 g/mol. The van der Waals surface area contributed by atoms with Gasteiger partial charge in [-0.15, -0.1) is 0 Å². The third-order valence-electron chi connectivity index (χ3n) is 1.53. The lowest BCUT2D eigenvalue weighted by molar-refractivity contribution is 1.04. The second-order valence-electron chi connectivity index (χ2n) is 3.20. The minimum atomic E-state index is 0.971. The van der Waals surface area contributed by atoms with Crippen LogP contribution in [0.5, 0.6) is 0 Å². The number of allylic oxidation sites excluding steroid dienone is 1. The maximum atomic E-state index is 4.32. The summed E-state index contributed by atoms with van der Waals surface area (Å²) in [4.78, 5) is 8.60. The SMILES string of the molecule is CC(C)=Cc1ncc(C)nc1C. The maximum Gasteiger partial charge on any atom is 0.0841 e. The van der Waals surface area contributed by atoms with E-state index in [1.54, 1.807) is 6.20 Å². The van der Waals surface area contributed by atoms with Gasteiger partial charge in [-0.25, -0.2) is 0 Å². The first-order chi connectivity index (χ1) is 5.59. The highest BCUT2D eigenvalue weighted by atomic mass is 14.8. The molecule has 1 aromatic heterocycles. The lowest BCUT2D eigenvalue weighted by atomic mass is 10.2. The van der Waals surface area contributed by atoms with Gasteiger partial charge in [0.2, 0.25) is 0 Å². The molecule has 0 aliphatic rings. The molecular weight excluding hydrogens is 148 g/mol. The summed E-state index contributed by atoms with van der Waals surface area (Å²) in [7, 11) is 0. The maximum absolute atomic E-state index is 4.32. The Kier molecular flexibility index (Phi) is 2.58. The van der Waals surface area contributed by atoms with Gasteiger partial charge in [0.1, 0.15) is 0 Å². The van der Waals surface area contributed by atoms with E-state index in [0.717, 1.165) is 17.1 Å². The molecule has 0 bridgehead atoms. The fourth-order valence-corrected chi connectivity index (χ4v) is 1.02. The van der Waals surface area contributed by atoms with Crippen LogP contribution >= 0.6 is 0 Å². The summed E-state index contributed by atoms with van der Waals surface area (Å²) < 4.78 is 0. The summed E-state index contributed by atoms with van der Waals surface area (Å²) in [6.45, 7) is 8.04.